The van der Waals surface area contributed by atoms with Gasteiger partial charge in [0, 0.05) is 19.4 Å². The molecule has 0 aliphatic heterocycles. The quantitative estimate of drug-likeness (QED) is 0.165. The maximum atomic E-state index is 6.22. The van der Waals surface area contributed by atoms with Crippen molar-refractivity contribution in [1.29, 1.82) is 0 Å². The summed E-state index contributed by atoms with van der Waals surface area (Å²) >= 11 is 4.16. The lowest BCUT2D eigenvalue weighted by atomic mass is 9.97. The molecule has 0 heterocycles. The molecule has 0 bridgehead atoms. The molecule has 4 heteroatoms. The summed E-state index contributed by atoms with van der Waals surface area (Å²) < 4.78 is 13.2. The van der Waals surface area contributed by atoms with Crippen LogP contribution in [0.2, 0.25) is 0 Å². The zero-order valence-corrected chi connectivity index (χ0v) is 20.7. The third-order valence-corrected chi connectivity index (χ3v) is 7.02. The number of fused-ring (bicyclic) bond motifs is 1. The fourth-order valence-electron chi connectivity index (χ4n) is 3.56. The molecule has 4 aromatic rings. The van der Waals surface area contributed by atoms with Crippen molar-refractivity contribution in [3.63, 3.8) is 0 Å². The van der Waals surface area contributed by atoms with Gasteiger partial charge in [-0.15, -0.1) is 0 Å². The number of hydrogen-bond donors (Lipinski definition) is 0. The van der Waals surface area contributed by atoms with Gasteiger partial charge in [-0.3, -0.25) is 0 Å². The lowest BCUT2D eigenvalue weighted by Crippen LogP contribution is -1.99. The number of rotatable bonds is 8. The first-order valence-corrected chi connectivity index (χ1v) is 12.4. The molecule has 0 N–H and O–H groups in total. The Labute approximate surface area is 202 Å². The molecular formula is C27H25IO2S. The molecule has 4 aromatic carbocycles. The molecule has 0 saturated carbocycles. The predicted octanol–water partition coefficient (Wildman–Crippen LogP) is 8.45. The van der Waals surface area contributed by atoms with Crippen molar-refractivity contribution < 1.29 is 9.47 Å². The number of hydrogen-bond acceptors (Lipinski definition) is 3. The summed E-state index contributed by atoms with van der Waals surface area (Å²) in [5, 5.41) is 2.27. The smallest absolute Gasteiger partial charge is 0.133 e. The average molecular weight is 540 g/mol. The Morgan fingerprint density at radius 2 is 1.55 bits per heavy atom. The van der Waals surface area contributed by atoms with Gasteiger partial charge in [-0.2, -0.15) is 0 Å². The zero-order valence-electron chi connectivity index (χ0n) is 17.7. The average Bonchev–Trinajstić information content (AvgIpc) is 2.80. The van der Waals surface area contributed by atoms with Crippen LogP contribution < -0.4 is 9.47 Å². The third kappa shape index (κ3) is 5.01. The van der Waals surface area contributed by atoms with Gasteiger partial charge in [0.05, 0.1) is 18.6 Å². The first-order valence-electron chi connectivity index (χ1n) is 10.5. The van der Waals surface area contributed by atoms with Crippen LogP contribution in [0.3, 0.4) is 0 Å². The van der Waals surface area contributed by atoms with Crippen molar-refractivity contribution >= 4 is 45.1 Å². The fourth-order valence-corrected chi connectivity index (χ4v) is 5.41. The molecule has 0 radical (unpaired) electrons. The van der Waals surface area contributed by atoms with Gasteiger partial charge in [-0.1, -0.05) is 73.6 Å². The van der Waals surface area contributed by atoms with Gasteiger partial charge >= 0.3 is 0 Å². The Bertz CT molecular complexity index is 1160. The van der Waals surface area contributed by atoms with Crippen molar-refractivity contribution in [1.82, 2.24) is 0 Å². The van der Waals surface area contributed by atoms with Crippen LogP contribution in [0.15, 0.2) is 88.7 Å². The SMILES string of the molecule is CCCCOc1cc(I)c(-c2ccccc2)c2cc(Sc3ccccc3)c(OC)cc12. The second-order valence-electron chi connectivity index (χ2n) is 7.26. The van der Waals surface area contributed by atoms with E-state index in [1.165, 1.54) is 25.0 Å². The maximum absolute atomic E-state index is 6.22. The largest absolute Gasteiger partial charge is 0.496 e. The second kappa shape index (κ2) is 10.4. The highest BCUT2D eigenvalue weighted by Gasteiger charge is 2.17. The highest BCUT2D eigenvalue weighted by atomic mass is 127. The van der Waals surface area contributed by atoms with Crippen LogP contribution in [-0.4, -0.2) is 13.7 Å². The van der Waals surface area contributed by atoms with Gasteiger partial charge in [0.1, 0.15) is 11.5 Å². The summed E-state index contributed by atoms with van der Waals surface area (Å²) in [5.41, 5.74) is 2.44. The first-order chi connectivity index (χ1) is 15.2. The van der Waals surface area contributed by atoms with E-state index in [4.69, 9.17) is 9.47 Å². The molecule has 4 rings (SSSR count). The standard InChI is InChI=1S/C27H25IO2S/c1-3-4-15-30-24-18-23(28)27(19-11-7-5-8-12-19)22-17-26(25(29-2)16-21(22)24)31-20-13-9-6-10-14-20/h5-14,16-18H,3-4,15H2,1-2H3. The normalized spacial score (nSPS) is 10.9. The van der Waals surface area contributed by atoms with Gasteiger partial charge < -0.3 is 9.47 Å². The minimum Gasteiger partial charge on any atom is -0.496 e. The topological polar surface area (TPSA) is 18.5 Å². The Hall–Kier alpha value is -2.18. The van der Waals surface area contributed by atoms with E-state index in [1.807, 2.05) is 6.07 Å². The molecule has 0 atom stereocenters. The minimum absolute atomic E-state index is 0.717. The van der Waals surface area contributed by atoms with Crippen molar-refractivity contribution in [2.75, 3.05) is 13.7 Å². The van der Waals surface area contributed by atoms with E-state index in [9.17, 15) is 0 Å². The van der Waals surface area contributed by atoms with Crippen LogP contribution in [0.5, 0.6) is 11.5 Å². The molecule has 0 aliphatic carbocycles. The van der Waals surface area contributed by atoms with E-state index in [1.54, 1.807) is 18.9 Å². The van der Waals surface area contributed by atoms with E-state index in [-0.39, 0.29) is 0 Å². The first kappa shape index (κ1) is 22.0. The van der Waals surface area contributed by atoms with E-state index in [0.717, 1.165) is 41.2 Å². The maximum Gasteiger partial charge on any atom is 0.133 e. The Morgan fingerprint density at radius 3 is 2.23 bits per heavy atom. The van der Waals surface area contributed by atoms with Crippen molar-refractivity contribution in [2.24, 2.45) is 0 Å². The van der Waals surface area contributed by atoms with E-state index in [0.29, 0.717) is 0 Å². The molecule has 0 spiro atoms. The molecule has 0 fully saturated rings. The molecule has 0 amide bonds. The van der Waals surface area contributed by atoms with Gasteiger partial charge in [0.15, 0.2) is 0 Å². The summed E-state index contributed by atoms with van der Waals surface area (Å²) in [6, 6.07) is 27.5. The predicted molar refractivity (Wildman–Crippen MR) is 140 cm³/mol. The molecule has 0 saturated heterocycles. The number of methoxy groups -OCH3 is 1. The van der Waals surface area contributed by atoms with Crippen LogP contribution in [0.1, 0.15) is 19.8 Å². The van der Waals surface area contributed by atoms with E-state index >= 15 is 0 Å². The van der Waals surface area contributed by atoms with Crippen molar-refractivity contribution in [3.05, 3.63) is 82.4 Å². The molecule has 0 aliphatic rings. The van der Waals surface area contributed by atoms with Crippen LogP contribution in [0, 0.1) is 3.57 Å². The van der Waals surface area contributed by atoms with Crippen molar-refractivity contribution in [3.8, 4) is 22.6 Å². The van der Waals surface area contributed by atoms with Crippen molar-refractivity contribution in [2.45, 2.75) is 29.6 Å². The van der Waals surface area contributed by atoms with Gasteiger partial charge in [0.2, 0.25) is 0 Å². The monoisotopic (exact) mass is 540 g/mol. The third-order valence-electron chi connectivity index (χ3n) is 5.12. The van der Waals surface area contributed by atoms with Crippen LogP contribution in [0.4, 0.5) is 0 Å². The van der Waals surface area contributed by atoms with Crippen LogP contribution >= 0.6 is 34.4 Å². The number of halogens is 1. The molecule has 0 unspecified atom stereocenters. The van der Waals surface area contributed by atoms with Crippen LogP contribution in [-0.2, 0) is 0 Å². The number of ether oxygens (including phenoxy) is 2. The summed E-state index contributed by atoms with van der Waals surface area (Å²) in [6.07, 6.45) is 2.15. The molecule has 2 nitrogen and oxygen atoms in total. The Morgan fingerprint density at radius 1 is 0.839 bits per heavy atom. The summed E-state index contributed by atoms with van der Waals surface area (Å²) in [7, 11) is 1.73. The van der Waals surface area contributed by atoms with Gasteiger partial charge in [-0.25, -0.2) is 0 Å². The van der Waals surface area contributed by atoms with Gasteiger partial charge in [0.25, 0.3) is 0 Å². The van der Waals surface area contributed by atoms with Gasteiger partial charge in [-0.05, 0) is 70.3 Å². The Kier molecular flexibility index (Phi) is 7.41. The highest BCUT2D eigenvalue weighted by Crippen LogP contribution is 2.45. The number of unbranched alkanes of at least 4 members (excludes halogenated alkanes) is 1. The number of benzene rings is 4. The molecule has 158 valence electrons. The lowest BCUT2D eigenvalue weighted by molar-refractivity contribution is 0.312. The Balaban J connectivity index is 1.92. The van der Waals surface area contributed by atoms with Crippen LogP contribution in [0.25, 0.3) is 21.9 Å². The summed E-state index contributed by atoms with van der Waals surface area (Å²) in [6.45, 7) is 2.90. The molecular weight excluding hydrogens is 515 g/mol. The second-order valence-corrected chi connectivity index (χ2v) is 9.54. The summed E-state index contributed by atoms with van der Waals surface area (Å²) in [4.78, 5) is 2.28. The fraction of sp³-hybridized carbons (Fsp3) is 0.185. The lowest BCUT2D eigenvalue weighted by Gasteiger charge is -2.18. The van der Waals surface area contributed by atoms with E-state index < -0.39 is 0 Å². The summed E-state index contributed by atoms with van der Waals surface area (Å²) in [5.74, 6) is 1.78. The zero-order chi connectivity index (χ0) is 21.6. The minimum atomic E-state index is 0.717. The molecule has 31 heavy (non-hydrogen) atoms. The highest BCUT2D eigenvalue weighted by molar-refractivity contribution is 14.1. The van der Waals surface area contributed by atoms with E-state index in [2.05, 4.69) is 102 Å². The molecule has 0 aromatic heterocycles.